The lowest BCUT2D eigenvalue weighted by atomic mass is 10.0. The molecule has 1 N–H and O–H groups in total. The molecule has 1 saturated heterocycles. The van der Waals surface area contributed by atoms with Crippen LogP contribution in [0.3, 0.4) is 0 Å². The maximum absolute atomic E-state index is 12.3. The molecular weight excluding hydrogens is 266 g/mol. The highest BCUT2D eigenvalue weighted by Gasteiger charge is 2.73. The highest BCUT2D eigenvalue weighted by molar-refractivity contribution is 7.10. The molecule has 2 heterocycles. The summed E-state index contributed by atoms with van der Waals surface area (Å²) in [5.74, 6) is -2.55. The minimum atomic E-state index is -1.18. The van der Waals surface area contributed by atoms with E-state index in [1.807, 2.05) is 13.8 Å². The zero-order valence-corrected chi connectivity index (χ0v) is 11.3. The third-order valence-electron chi connectivity index (χ3n) is 4.14. The summed E-state index contributed by atoms with van der Waals surface area (Å²) in [6, 6.07) is 2.17. The molecule has 0 spiro atoms. The minimum absolute atomic E-state index is 0.316. The van der Waals surface area contributed by atoms with E-state index in [9.17, 15) is 19.5 Å². The Labute approximate surface area is 113 Å². The first kappa shape index (κ1) is 12.3. The zero-order valence-electron chi connectivity index (χ0n) is 10.5. The maximum atomic E-state index is 12.3. The standard InChI is InChI=1S/C13H13NO4S/c1-13(2)7-8(13)11(16)14(10(7)15)9(12(17)18)6-4-3-5-19-6/h3-5,7-9H,1-2H3,(H,17,18). The van der Waals surface area contributed by atoms with Crippen LogP contribution < -0.4 is 0 Å². The number of likely N-dealkylation sites (tertiary alicyclic amines) is 1. The fourth-order valence-electron chi connectivity index (χ4n) is 3.03. The van der Waals surface area contributed by atoms with Crippen molar-refractivity contribution in [3.05, 3.63) is 22.4 Å². The number of nitrogens with zero attached hydrogens (tertiary/aromatic N) is 1. The van der Waals surface area contributed by atoms with Crippen LogP contribution in [0.4, 0.5) is 0 Å². The van der Waals surface area contributed by atoms with Crippen molar-refractivity contribution in [1.82, 2.24) is 4.90 Å². The van der Waals surface area contributed by atoms with Gasteiger partial charge < -0.3 is 5.11 Å². The second-order valence-electron chi connectivity index (χ2n) is 5.58. The lowest BCUT2D eigenvalue weighted by Crippen LogP contribution is -2.42. The molecule has 1 aliphatic heterocycles. The summed E-state index contributed by atoms with van der Waals surface area (Å²) in [7, 11) is 0. The quantitative estimate of drug-likeness (QED) is 0.851. The first-order valence-electron chi connectivity index (χ1n) is 6.00. The van der Waals surface area contributed by atoms with Gasteiger partial charge in [-0.15, -0.1) is 11.3 Å². The van der Waals surface area contributed by atoms with Crippen LogP contribution in [0.5, 0.6) is 0 Å². The van der Waals surface area contributed by atoms with Gasteiger partial charge >= 0.3 is 5.97 Å². The first-order valence-corrected chi connectivity index (χ1v) is 6.88. The van der Waals surface area contributed by atoms with Crippen LogP contribution >= 0.6 is 11.3 Å². The van der Waals surface area contributed by atoms with Crippen LogP contribution in [-0.2, 0) is 14.4 Å². The molecule has 2 aliphatic rings. The molecule has 5 nitrogen and oxygen atoms in total. The zero-order chi connectivity index (χ0) is 13.9. The van der Waals surface area contributed by atoms with E-state index in [0.717, 1.165) is 4.90 Å². The first-order chi connectivity index (χ1) is 8.87. The largest absolute Gasteiger partial charge is 0.479 e. The molecule has 3 unspecified atom stereocenters. The van der Waals surface area contributed by atoms with Crippen LogP contribution in [0.1, 0.15) is 24.8 Å². The molecule has 1 saturated carbocycles. The second kappa shape index (κ2) is 3.66. The number of imide groups is 1. The third kappa shape index (κ3) is 1.49. The number of hydrogen-bond donors (Lipinski definition) is 1. The van der Waals surface area contributed by atoms with Crippen LogP contribution in [0, 0.1) is 17.3 Å². The van der Waals surface area contributed by atoms with E-state index < -0.39 is 12.0 Å². The molecule has 0 aromatic carbocycles. The number of rotatable bonds is 3. The summed E-state index contributed by atoms with van der Waals surface area (Å²) in [6.07, 6.45) is 0. The van der Waals surface area contributed by atoms with Crippen molar-refractivity contribution in [2.45, 2.75) is 19.9 Å². The second-order valence-corrected chi connectivity index (χ2v) is 6.56. The summed E-state index contributed by atoms with van der Waals surface area (Å²) < 4.78 is 0. The average Bonchev–Trinajstić information content (AvgIpc) is 2.71. The molecular formula is C13H13NO4S. The molecule has 6 heteroatoms. The van der Waals surface area contributed by atoms with Crippen molar-refractivity contribution in [1.29, 1.82) is 0 Å². The van der Waals surface area contributed by atoms with Crippen LogP contribution in [0.2, 0.25) is 0 Å². The summed E-state index contributed by atoms with van der Waals surface area (Å²) in [5.41, 5.74) is -0.316. The van der Waals surface area contributed by atoms with Crippen LogP contribution in [0.25, 0.3) is 0 Å². The third-order valence-corrected chi connectivity index (χ3v) is 5.06. The van der Waals surface area contributed by atoms with Crippen LogP contribution in [-0.4, -0.2) is 27.8 Å². The maximum Gasteiger partial charge on any atom is 0.332 e. The van der Waals surface area contributed by atoms with Gasteiger partial charge in [0.25, 0.3) is 0 Å². The van der Waals surface area contributed by atoms with Crippen LogP contribution in [0.15, 0.2) is 17.5 Å². The predicted octanol–water partition coefficient (Wildman–Crippen LogP) is 1.51. The highest BCUT2D eigenvalue weighted by atomic mass is 32.1. The Morgan fingerprint density at radius 3 is 2.37 bits per heavy atom. The molecule has 1 aliphatic carbocycles. The number of fused-ring (bicyclic) bond motifs is 1. The number of aliphatic carboxylic acids is 1. The van der Waals surface area contributed by atoms with E-state index in [-0.39, 0.29) is 29.1 Å². The van der Waals surface area contributed by atoms with Crippen molar-refractivity contribution in [3.63, 3.8) is 0 Å². The highest BCUT2D eigenvalue weighted by Crippen LogP contribution is 2.64. The molecule has 0 bridgehead atoms. The molecule has 2 fully saturated rings. The average molecular weight is 279 g/mol. The molecule has 3 rings (SSSR count). The minimum Gasteiger partial charge on any atom is -0.479 e. The monoisotopic (exact) mass is 279 g/mol. The van der Waals surface area contributed by atoms with E-state index >= 15 is 0 Å². The van der Waals surface area contributed by atoms with Gasteiger partial charge in [-0.05, 0) is 16.9 Å². The SMILES string of the molecule is CC1(C)C2C(=O)N(C(C(=O)O)c3cccs3)C(=O)C21. The Balaban J connectivity index is 1.97. The molecule has 1 aromatic heterocycles. The fraction of sp³-hybridized carbons (Fsp3) is 0.462. The summed E-state index contributed by atoms with van der Waals surface area (Å²) in [5, 5.41) is 11.1. The van der Waals surface area contributed by atoms with Crippen molar-refractivity contribution >= 4 is 29.1 Å². The summed E-state index contributed by atoms with van der Waals surface area (Å²) in [4.78, 5) is 37.4. The molecule has 19 heavy (non-hydrogen) atoms. The van der Waals surface area contributed by atoms with Crippen molar-refractivity contribution in [2.24, 2.45) is 17.3 Å². The normalized spacial score (nSPS) is 29.3. The number of carbonyl (C=O) groups excluding carboxylic acids is 2. The Bertz CT molecular complexity index is 553. The number of piperidine rings is 1. The topological polar surface area (TPSA) is 74.7 Å². The number of hydrogen-bond acceptors (Lipinski definition) is 4. The van der Waals surface area contributed by atoms with E-state index in [2.05, 4.69) is 0 Å². The Kier molecular flexibility index (Phi) is 2.38. The molecule has 1 aromatic rings. The molecule has 3 atom stereocenters. The van der Waals surface area contributed by atoms with Gasteiger partial charge in [0.2, 0.25) is 11.8 Å². The number of carboxylic acid groups (broad SMARTS) is 1. The number of amides is 2. The number of carboxylic acids is 1. The van der Waals surface area contributed by atoms with Gasteiger partial charge in [-0.1, -0.05) is 19.9 Å². The fourth-order valence-corrected chi connectivity index (χ4v) is 3.84. The Morgan fingerprint density at radius 1 is 1.37 bits per heavy atom. The van der Waals surface area contributed by atoms with Gasteiger partial charge in [0.1, 0.15) is 0 Å². The number of carbonyl (C=O) groups is 3. The van der Waals surface area contributed by atoms with Gasteiger partial charge in [-0.25, -0.2) is 4.79 Å². The molecule has 0 radical (unpaired) electrons. The van der Waals surface area contributed by atoms with Gasteiger partial charge in [-0.2, -0.15) is 0 Å². The predicted molar refractivity (Wildman–Crippen MR) is 67.3 cm³/mol. The van der Waals surface area contributed by atoms with E-state index in [1.54, 1.807) is 17.5 Å². The van der Waals surface area contributed by atoms with Crippen molar-refractivity contribution < 1.29 is 19.5 Å². The summed E-state index contributed by atoms with van der Waals surface area (Å²) >= 11 is 1.24. The lowest BCUT2D eigenvalue weighted by Gasteiger charge is -2.25. The van der Waals surface area contributed by atoms with E-state index in [4.69, 9.17) is 0 Å². The molecule has 100 valence electrons. The molecule has 2 amide bonds. The van der Waals surface area contributed by atoms with E-state index in [1.165, 1.54) is 11.3 Å². The Hall–Kier alpha value is -1.69. The van der Waals surface area contributed by atoms with Gasteiger partial charge in [-0.3, -0.25) is 14.5 Å². The van der Waals surface area contributed by atoms with E-state index in [0.29, 0.717) is 4.88 Å². The van der Waals surface area contributed by atoms with Gasteiger partial charge in [0, 0.05) is 4.88 Å². The number of thiophene rings is 1. The van der Waals surface area contributed by atoms with Crippen molar-refractivity contribution in [2.75, 3.05) is 0 Å². The smallest absolute Gasteiger partial charge is 0.332 e. The summed E-state index contributed by atoms with van der Waals surface area (Å²) in [6.45, 7) is 3.74. The Morgan fingerprint density at radius 2 is 1.95 bits per heavy atom. The van der Waals surface area contributed by atoms with Gasteiger partial charge in [0.15, 0.2) is 6.04 Å². The lowest BCUT2D eigenvalue weighted by molar-refractivity contribution is -0.157. The van der Waals surface area contributed by atoms with Crippen molar-refractivity contribution in [3.8, 4) is 0 Å². The van der Waals surface area contributed by atoms with Gasteiger partial charge in [0.05, 0.1) is 11.8 Å².